The highest BCUT2D eigenvalue weighted by Crippen LogP contribution is 2.38. The van der Waals surface area contributed by atoms with Gasteiger partial charge in [0.1, 0.15) is 11.8 Å². The molecule has 0 amide bonds. The molecule has 2 aromatic heterocycles. The number of aromatic nitrogens is 4. The van der Waals surface area contributed by atoms with Gasteiger partial charge in [-0.1, -0.05) is 11.6 Å². The fraction of sp³-hybridized carbons (Fsp3) is 0.333. The number of fused-ring (bicyclic) bond motifs is 1. The lowest BCUT2D eigenvalue weighted by Gasteiger charge is -1.99. The summed E-state index contributed by atoms with van der Waals surface area (Å²) in [6.07, 6.45) is 4.41. The van der Waals surface area contributed by atoms with Crippen molar-refractivity contribution in [3.63, 3.8) is 0 Å². The summed E-state index contributed by atoms with van der Waals surface area (Å²) in [7, 11) is 0. The average Bonchev–Trinajstić information content (AvgIpc) is 2.99. The van der Waals surface area contributed by atoms with E-state index in [4.69, 9.17) is 22.1 Å². The van der Waals surface area contributed by atoms with E-state index in [-0.39, 0.29) is 23.0 Å². The minimum atomic E-state index is -0.267. The van der Waals surface area contributed by atoms with Gasteiger partial charge in [-0.05, 0) is 12.0 Å². The van der Waals surface area contributed by atoms with Gasteiger partial charge in [-0.25, -0.2) is 4.98 Å². The Labute approximate surface area is 119 Å². The van der Waals surface area contributed by atoms with Gasteiger partial charge in [-0.15, -0.1) is 0 Å². The molecule has 0 bridgehead atoms. The standard InChI is InChI=1S/C12H12ClN5O2/c1-6(19)20-4-8-2-7(8)3-18-5-15-9-10(13)16-12(14)17-11(9)18/h3,5,8H,2,4H2,1H3,(H2,14,16,17)/b7-3+. The van der Waals surface area contributed by atoms with E-state index < -0.39 is 0 Å². The molecule has 1 unspecified atom stereocenters. The van der Waals surface area contributed by atoms with Gasteiger partial charge in [-0.2, -0.15) is 9.97 Å². The second-order valence-electron chi connectivity index (χ2n) is 4.60. The highest BCUT2D eigenvalue weighted by molar-refractivity contribution is 6.33. The first-order valence-corrected chi connectivity index (χ1v) is 6.42. The molecule has 0 radical (unpaired) electrons. The van der Waals surface area contributed by atoms with E-state index in [1.165, 1.54) is 12.5 Å². The Bertz CT molecular complexity index is 724. The van der Waals surface area contributed by atoms with Gasteiger partial charge in [0.2, 0.25) is 5.95 Å². The number of hydrogen-bond donors (Lipinski definition) is 1. The van der Waals surface area contributed by atoms with Crippen LogP contribution in [0.4, 0.5) is 5.95 Å². The maximum Gasteiger partial charge on any atom is 0.302 e. The van der Waals surface area contributed by atoms with Crippen LogP contribution >= 0.6 is 11.6 Å². The molecule has 2 N–H and O–H groups in total. The summed E-state index contributed by atoms with van der Waals surface area (Å²) in [5.41, 5.74) is 7.82. The van der Waals surface area contributed by atoms with Gasteiger partial charge >= 0.3 is 5.97 Å². The number of carbonyl (C=O) groups excluding carboxylic acids is 1. The van der Waals surface area contributed by atoms with Crippen LogP contribution in [0.3, 0.4) is 0 Å². The van der Waals surface area contributed by atoms with Crippen LogP contribution in [0.15, 0.2) is 11.9 Å². The van der Waals surface area contributed by atoms with Crippen molar-refractivity contribution in [1.29, 1.82) is 0 Å². The summed E-state index contributed by atoms with van der Waals surface area (Å²) in [6, 6.07) is 0. The normalized spacial score (nSPS) is 19.5. The van der Waals surface area contributed by atoms with Gasteiger partial charge in [0.05, 0.1) is 6.61 Å². The Morgan fingerprint density at radius 2 is 2.45 bits per heavy atom. The highest BCUT2D eigenvalue weighted by Gasteiger charge is 2.31. The van der Waals surface area contributed by atoms with Crippen LogP contribution in [0.1, 0.15) is 13.3 Å². The number of anilines is 1. The molecule has 1 atom stereocenters. The van der Waals surface area contributed by atoms with Gasteiger partial charge in [0, 0.05) is 19.0 Å². The third-order valence-corrected chi connectivity index (χ3v) is 3.30. The summed E-state index contributed by atoms with van der Waals surface area (Å²) in [5, 5.41) is 0.233. The Morgan fingerprint density at radius 3 is 3.20 bits per heavy atom. The van der Waals surface area contributed by atoms with Crippen LogP contribution < -0.4 is 5.73 Å². The van der Waals surface area contributed by atoms with Crippen molar-refractivity contribution >= 4 is 40.9 Å². The molecule has 7 nitrogen and oxygen atoms in total. The lowest BCUT2D eigenvalue weighted by atomic mass is 10.4. The predicted octanol–water partition coefficient (Wildman–Crippen LogP) is 1.49. The Kier molecular flexibility index (Phi) is 3.06. The van der Waals surface area contributed by atoms with Crippen molar-refractivity contribution in [2.75, 3.05) is 12.3 Å². The minimum absolute atomic E-state index is 0.106. The maximum absolute atomic E-state index is 10.7. The fourth-order valence-electron chi connectivity index (χ4n) is 1.94. The molecule has 1 aliphatic rings. The molecule has 2 heterocycles. The summed E-state index contributed by atoms with van der Waals surface area (Å²) < 4.78 is 6.72. The van der Waals surface area contributed by atoms with Gasteiger partial charge in [-0.3, -0.25) is 9.36 Å². The number of halogens is 1. The minimum Gasteiger partial charge on any atom is -0.465 e. The maximum atomic E-state index is 10.7. The van der Waals surface area contributed by atoms with Crippen molar-refractivity contribution in [2.24, 2.45) is 5.92 Å². The molecule has 1 aliphatic carbocycles. The number of hydrogen-bond acceptors (Lipinski definition) is 6. The molecule has 8 heteroatoms. The van der Waals surface area contributed by atoms with E-state index in [1.54, 1.807) is 10.9 Å². The third-order valence-electron chi connectivity index (χ3n) is 3.04. The lowest BCUT2D eigenvalue weighted by Crippen LogP contribution is -2.01. The van der Waals surface area contributed by atoms with Crippen molar-refractivity contribution in [3.8, 4) is 0 Å². The number of imidazole rings is 1. The lowest BCUT2D eigenvalue weighted by molar-refractivity contribution is -0.141. The molecule has 1 saturated carbocycles. The zero-order valence-corrected chi connectivity index (χ0v) is 11.5. The molecule has 104 valence electrons. The topological polar surface area (TPSA) is 95.9 Å². The van der Waals surface area contributed by atoms with Crippen molar-refractivity contribution in [2.45, 2.75) is 13.3 Å². The summed E-state index contributed by atoms with van der Waals surface area (Å²) >= 11 is 5.96. The highest BCUT2D eigenvalue weighted by atomic mass is 35.5. The molecule has 0 aromatic carbocycles. The van der Waals surface area contributed by atoms with Gasteiger partial charge < -0.3 is 10.5 Å². The second-order valence-corrected chi connectivity index (χ2v) is 4.96. The van der Waals surface area contributed by atoms with E-state index in [9.17, 15) is 4.79 Å². The number of carbonyl (C=O) groups is 1. The smallest absolute Gasteiger partial charge is 0.302 e. The number of esters is 1. The second kappa shape index (κ2) is 4.75. The number of nitrogens with zero attached hydrogens (tertiary/aromatic N) is 4. The van der Waals surface area contributed by atoms with E-state index in [0.29, 0.717) is 17.8 Å². The molecule has 1 fully saturated rings. The third kappa shape index (κ3) is 2.44. The molecular formula is C12H12ClN5O2. The van der Waals surface area contributed by atoms with Crippen molar-refractivity contribution < 1.29 is 9.53 Å². The largest absolute Gasteiger partial charge is 0.465 e. The number of ether oxygens (including phenoxy) is 1. The molecule has 0 spiro atoms. The summed E-state index contributed by atoms with van der Waals surface area (Å²) in [4.78, 5) is 22.9. The zero-order valence-electron chi connectivity index (χ0n) is 10.7. The number of rotatable bonds is 3. The zero-order chi connectivity index (χ0) is 14.3. The Morgan fingerprint density at radius 1 is 1.65 bits per heavy atom. The van der Waals surface area contributed by atoms with Gasteiger partial charge in [0.25, 0.3) is 0 Å². The van der Waals surface area contributed by atoms with Crippen LogP contribution in [-0.2, 0) is 9.53 Å². The molecular weight excluding hydrogens is 282 g/mol. The average molecular weight is 294 g/mol. The van der Waals surface area contributed by atoms with Crippen LogP contribution in [0, 0.1) is 5.92 Å². The quantitative estimate of drug-likeness (QED) is 0.680. The fourth-order valence-corrected chi connectivity index (χ4v) is 2.16. The molecule has 0 saturated heterocycles. The van der Waals surface area contributed by atoms with Crippen LogP contribution in [-0.4, -0.2) is 32.1 Å². The Balaban J connectivity index is 1.84. The van der Waals surface area contributed by atoms with Crippen molar-refractivity contribution in [3.05, 3.63) is 17.1 Å². The van der Waals surface area contributed by atoms with E-state index >= 15 is 0 Å². The van der Waals surface area contributed by atoms with Gasteiger partial charge in [0.15, 0.2) is 10.8 Å². The first-order chi connectivity index (χ1) is 9.54. The first-order valence-electron chi connectivity index (χ1n) is 6.04. The van der Waals surface area contributed by atoms with Crippen molar-refractivity contribution in [1.82, 2.24) is 19.5 Å². The molecule has 20 heavy (non-hydrogen) atoms. The number of nitrogens with two attached hydrogens (primary N) is 1. The SMILES string of the molecule is CC(=O)OCC1C/C1=C\n1cnc2c(Cl)nc(N)nc21. The number of nitrogen functional groups attached to an aromatic ring is 1. The molecule has 3 rings (SSSR count). The van der Waals surface area contributed by atoms with Crippen LogP contribution in [0.2, 0.25) is 5.15 Å². The van der Waals surface area contributed by atoms with Crippen LogP contribution in [0.25, 0.3) is 17.4 Å². The van der Waals surface area contributed by atoms with Crippen LogP contribution in [0.5, 0.6) is 0 Å². The Hall–Kier alpha value is -2.15. The molecule has 0 aliphatic heterocycles. The summed E-state index contributed by atoms with van der Waals surface area (Å²) in [5.74, 6) is 0.109. The van der Waals surface area contributed by atoms with E-state index in [2.05, 4.69) is 15.0 Å². The van der Waals surface area contributed by atoms with E-state index in [1.807, 2.05) is 6.20 Å². The first kappa shape index (κ1) is 12.9. The summed E-state index contributed by atoms with van der Waals surface area (Å²) in [6.45, 7) is 1.81. The predicted molar refractivity (Wildman–Crippen MR) is 73.8 cm³/mol. The molecule has 2 aromatic rings. The monoisotopic (exact) mass is 293 g/mol. The van der Waals surface area contributed by atoms with E-state index in [0.717, 1.165) is 6.42 Å².